The number of rotatable bonds is 5. The average molecular weight is 317 g/mol. The number of nitrogens with one attached hydrogen (secondary N) is 2. The number of amides is 2. The van der Waals surface area contributed by atoms with Gasteiger partial charge in [0, 0.05) is 30.4 Å². The number of anilines is 1. The molecule has 1 aromatic carbocycles. The van der Waals surface area contributed by atoms with Gasteiger partial charge >= 0.3 is 0 Å². The minimum Gasteiger partial charge on any atom is -0.618 e. The topological polar surface area (TPSA) is 85.1 Å². The zero-order chi connectivity index (χ0) is 15.9. The number of hydrogen-bond acceptors (Lipinski definition) is 4. The van der Waals surface area contributed by atoms with Gasteiger partial charge in [-0.3, -0.25) is 9.59 Å². The highest BCUT2D eigenvalue weighted by atomic mass is 32.2. The molecule has 2 aromatic rings. The summed E-state index contributed by atoms with van der Waals surface area (Å²) in [6.45, 7) is 0. The van der Waals surface area contributed by atoms with Crippen molar-refractivity contribution >= 4 is 29.3 Å². The van der Waals surface area contributed by atoms with E-state index in [0.29, 0.717) is 16.3 Å². The predicted octanol–water partition coefficient (Wildman–Crippen LogP) is 1.41. The van der Waals surface area contributed by atoms with Crippen LogP contribution in [0.25, 0.3) is 0 Å². The van der Waals surface area contributed by atoms with Crippen LogP contribution in [-0.2, 0) is 4.79 Å². The Morgan fingerprint density at radius 1 is 1.18 bits per heavy atom. The van der Waals surface area contributed by atoms with Crippen LogP contribution < -0.4 is 15.4 Å². The molecule has 0 unspecified atom stereocenters. The lowest BCUT2D eigenvalue weighted by Gasteiger charge is -2.06. The number of carbonyl (C=O) groups is 2. The lowest BCUT2D eigenvalue weighted by atomic mass is 10.2. The molecule has 2 N–H and O–H groups in total. The Labute approximate surface area is 132 Å². The summed E-state index contributed by atoms with van der Waals surface area (Å²) in [5, 5.41) is 17.1. The summed E-state index contributed by atoms with van der Waals surface area (Å²) in [4.78, 5) is 23.3. The molecule has 2 amide bonds. The van der Waals surface area contributed by atoms with Gasteiger partial charge in [0.05, 0.1) is 5.75 Å². The van der Waals surface area contributed by atoms with E-state index in [1.807, 2.05) is 0 Å². The molecule has 114 valence electrons. The number of carbonyl (C=O) groups excluding carboxylic acids is 2. The molecule has 0 aliphatic carbocycles. The van der Waals surface area contributed by atoms with Crippen molar-refractivity contribution < 1.29 is 14.3 Å². The Morgan fingerprint density at radius 3 is 2.55 bits per heavy atom. The molecule has 22 heavy (non-hydrogen) atoms. The van der Waals surface area contributed by atoms with Crippen LogP contribution in [0.4, 0.5) is 5.69 Å². The smallest absolute Gasteiger partial charge is 0.251 e. The number of hydrogen-bond donors (Lipinski definition) is 2. The minimum absolute atomic E-state index is 0.128. The van der Waals surface area contributed by atoms with Crippen LogP contribution in [0.5, 0.6) is 0 Å². The molecule has 2 rings (SSSR count). The van der Waals surface area contributed by atoms with Crippen LogP contribution in [-0.4, -0.2) is 24.6 Å². The highest BCUT2D eigenvalue weighted by molar-refractivity contribution is 7.99. The van der Waals surface area contributed by atoms with E-state index in [1.165, 1.54) is 6.20 Å². The van der Waals surface area contributed by atoms with E-state index in [1.54, 1.807) is 49.5 Å². The Hall–Kier alpha value is -2.54. The van der Waals surface area contributed by atoms with Crippen LogP contribution in [0.1, 0.15) is 10.4 Å². The van der Waals surface area contributed by atoms with Gasteiger partial charge in [-0.25, -0.2) is 0 Å². The number of nitrogens with zero attached hydrogens (tertiary/aromatic N) is 1. The number of thioether (sulfide) groups is 1. The Balaban J connectivity index is 1.89. The molecule has 1 heterocycles. The van der Waals surface area contributed by atoms with E-state index < -0.39 is 0 Å². The molecule has 0 atom stereocenters. The molecule has 1 aromatic heterocycles. The molecular formula is C15H15N3O3S. The predicted molar refractivity (Wildman–Crippen MR) is 84.6 cm³/mol. The first-order valence-electron chi connectivity index (χ1n) is 6.53. The van der Waals surface area contributed by atoms with Gasteiger partial charge in [-0.2, -0.15) is 4.73 Å². The van der Waals surface area contributed by atoms with Crippen LogP contribution in [0.15, 0.2) is 53.7 Å². The van der Waals surface area contributed by atoms with E-state index in [-0.39, 0.29) is 17.6 Å². The van der Waals surface area contributed by atoms with Crippen molar-refractivity contribution in [3.05, 3.63) is 59.4 Å². The number of pyridine rings is 1. The van der Waals surface area contributed by atoms with Gasteiger partial charge in [-0.15, -0.1) is 0 Å². The average Bonchev–Trinajstić information content (AvgIpc) is 2.54. The molecule has 0 fully saturated rings. The van der Waals surface area contributed by atoms with E-state index in [2.05, 4.69) is 10.6 Å². The van der Waals surface area contributed by atoms with Crippen molar-refractivity contribution in [2.75, 3.05) is 18.1 Å². The van der Waals surface area contributed by atoms with E-state index in [0.717, 1.165) is 16.5 Å². The van der Waals surface area contributed by atoms with E-state index in [4.69, 9.17) is 0 Å². The largest absolute Gasteiger partial charge is 0.618 e. The fourth-order valence-electron chi connectivity index (χ4n) is 1.71. The lowest BCUT2D eigenvalue weighted by molar-refractivity contribution is -0.645. The maximum Gasteiger partial charge on any atom is 0.251 e. The third-order valence-corrected chi connectivity index (χ3v) is 3.82. The summed E-state index contributed by atoms with van der Waals surface area (Å²) in [6, 6.07) is 11.6. The van der Waals surface area contributed by atoms with Gasteiger partial charge in [-0.05, 0) is 42.1 Å². The maximum absolute atomic E-state index is 11.8. The molecular weight excluding hydrogens is 302 g/mol. The zero-order valence-electron chi connectivity index (χ0n) is 11.9. The van der Waals surface area contributed by atoms with Gasteiger partial charge in [0.2, 0.25) is 5.91 Å². The number of benzene rings is 1. The van der Waals surface area contributed by atoms with Crippen LogP contribution >= 0.6 is 11.8 Å². The summed E-state index contributed by atoms with van der Waals surface area (Å²) >= 11 is 1.16. The first kappa shape index (κ1) is 15.8. The molecule has 0 aliphatic heterocycles. The van der Waals surface area contributed by atoms with Crippen LogP contribution in [0, 0.1) is 5.21 Å². The quantitative estimate of drug-likeness (QED) is 0.496. The summed E-state index contributed by atoms with van der Waals surface area (Å²) in [6.07, 6.45) is 1.39. The van der Waals surface area contributed by atoms with Gasteiger partial charge < -0.3 is 15.8 Å². The molecule has 0 radical (unpaired) electrons. The fraction of sp³-hybridized carbons (Fsp3) is 0.133. The van der Waals surface area contributed by atoms with Crippen molar-refractivity contribution in [3.63, 3.8) is 0 Å². The molecule has 0 spiro atoms. The molecule has 0 saturated heterocycles. The van der Waals surface area contributed by atoms with Crippen LogP contribution in [0.2, 0.25) is 0 Å². The first-order chi connectivity index (χ1) is 10.6. The summed E-state index contributed by atoms with van der Waals surface area (Å²) in [5.41, 5.74) is 1.12. The second kappa shape index (κ2) is 7.46. The van der Waals surface area contributed by atoms with Crippen molar-refractivity contribution in [2.45, 2.75) is 5.03 Å². The Bertz CT molecular complexity index is 674. The Kier molecular flexibility index (Phi) is 5.37. The zero-order valence-corrected chi connectivity index (χ0v) is 12.7. The van der Waals surface area contributed by atoms with Crippen LogP contribution in [0.3, 0.4) is 0 Å². The molecule has 0 aliphatic rings. The molecule has 0 saturated carbocycles. The Morgan fingerprint density at radius 2 is 1.91 bits per heavy atom. The molecule has 0 bridgehead atoms. The monoisotopic (exact) mass is 317 g/mol. The highest BCUT2D eigenvalue weighted by Gasteiger charge is 2.09. The summed E-state index contributed by atoms with van der Waals surface area (Å²) in [5.74, 6) is -0.275. The molecule has 7 heteroatoms. The third-order valence-electron chi connectivity index (χ3n) is 2.80. The summed E-state index contributed by atoms with van der Waals surface area (Å²) < 4.78 is 0.718. The van der Waals surface area contributed by atoms with Crippen molar-refractivity contribution in [2.24, 2.45) is 0 Å². The van der Waals surface area contributed by atoms with E-state index >= 15 is 0 Å². The fourth-order valence-corrected chi connectivity index (χ4v) is 2.42. The first-order valence-corrected chi connectivity index (χ1v) is 7.51. The standard InChI is InChI=1S/C15H15N3O3S/c1-16-15(20)11-5-7-12(8-6-11)17-13(19)10-22-14-4-2-3-9-18(14)21/h2-9H,10H2,1H3,(H,16,20)(H,17,19). The highest BCUT2D eigenvalue weighted by Crippen LogP contribution is 2.14. The van der Waals surface area contributed by atoms with E-state index in [9.17, 15) is 14.8 Å². The van der Waals surface area contributed by atoms with Gasteiger partial charge in [0.25, 0.3) is 10.9 Å². The van der Waals surface area contributed by atoms with Crippen molar-refractivity contribution in [3.8, 4) is 0 Å². The normalized spacial score (nSPS) is 10.0. The van der Waals surface area contributed by atoms with Crippen molar-refractivity contribution in [1.82, 2.24) is 5.32 Å². The number of aromatic nitrogens is 1. The van der Waals surface area contributed by atoms with Gasteiger partial charge in [0.1, 0.15) is 0 Å². The minimum atomic E-state index is -0.221. The van der Waals surface area contributed by atoms with Gasteiger partial charge in [-0.1, -0.05) is 0 Å². The summed E-state index contributed by atoms with van der Waals surface area (Å²) in [7, 11) is 1.56. The second-order valence-electron chi connectivity index (χ2n) is 4.36. The van der Waals surface area contributed by atoms with Crippen molar-refractivity contribution in [1.29, 1.82) is 0 Å². The molecule has 6 nitrogen and oxygen atoms in total. The third kappa shape index (κ3) is 4.23. The second-order valence-corrected chi connectivity index (χ2v) is 5.35. The maximum atomic E-state index is 11.8. The SMILES string of the molecule is CNC(=O)c1ccc(NC(=O)CSc2cccc[n+]2[O-])cc1. The lowest BCUT2D eigenvalue weighted by Crippen LogP contribution is -2.28. The van der Waals surface area contributed by atoms with Gasteiger partial charge in [0.15, 0.2) is 6.20 Å².